The van der Waals surface area contributed by atoms with E-state index in [1.165, 1.54) is 5.56 Å². The minimum Gasteiger partial charge on any atom is -0.493 e. The Labute approximate surface area is 167 Å². The molecule has 0 fully saturated rings. The van der Waals surface area contributed by atoms with Gasteiger partial charge in [-0.2, -0.15) is 0 Å². The van der Waals surface area contributed by atoms with Gasteiger partial charge in [0.05, 0.1) is 7.11 Å². The zero-order valence-electron chi connectivity index (χ0n) is 17.2. The van der Waals surface area contributed by atoms with Crippen LogP contribution in [-0.4, -0.2) is 31.4 Å². The molecule has 0 aliphatic rings. The van der Waals surface area contributed by atoms with Crippen LogP contribution in [0.5, 0.6) is 17.2 Å². The highest BCUT2D eigenvalue weighted by Gasteiger charge is 2.17. The van der Waals surface area contributed by atoms with Crippen LogP contribution in [0.3, 0.4) is 0 Å². The fraction of sp³-hybridized carbons (Fsp3) is 0.435. The molecule has 152 valence electrons. The second-order valence-corrected chi connectivity index (χ2v) is 7.34. The molecule has 0 aliphatic heterocycles. The minimum absolute atomic E-state index is 0.0830. The normalized spacial score (nSPS) is 11.1. The summed E-state index contributed by atoms with van der Waals surface area (Å²) >= 11 is 0. The molecule has 0 amide bonds. The van der Waals surface area contributed by atoms with E-state index in [4.69, 9.17) is 19.3 Å². The van der Waals surface area contributed by atoms with E-state index in [2.05, 4.69) is 32.9 Å². The maximum Gasteiger partial charge on any atom is 0.303 e. The van der Waals surface area contributed by atoms with Gasteiger partial charge < -0.3 is 19.3 Å². The van der Waals surface area contributed by atoms with Crippen LogP contribution in [0, 0.1) is 0 Å². The summed E-state index contributed by atoms with van der Waals surface area (Å²) in [7, 11) is 1.58. The number of hydrogen-bond acceptors (Lipinski definition) is 4. The number of carbonyl (C=O) groups is 1. The van der Waals surface area contributed by atoms with Crippen molar-refractivity contribution in [2.75, 3.05) is 20.3 Å². The lowest BCUT2D eigenvalue weighted by molar-refractivity contribution is -0.136. The van der Waals surface area contributed by atoms with Crippen LogP contribution in [0.2, 0.25) is 0 Å². The van der Waals surface area contributed by atoms with Gasteiger partial charge in [-0.05, 0) is 53.6 Å². The van der Waals surface area contributed by atoms with Crippen LogP contribution in [0.1, 0.15) is 44.7 Å². The number of methoxy groups -OCH3 is 1. The summed E-state index contributed by atoms with van der Waals surface area (Å²) in [6.07, 6.45) is 1.61. The van der Waals surface area contributed by atoms with Crippen LogP contribution in [-0.2, 0) is 16.6 Å². The van der Waals surface area contributed by atoms with E-state index in [1.54, 1.807) is 13.2 Å². The first-order valence-electron chi connectivity index (χ1n) is 9.60. The monoisotopic (exact) mass is 386 g/mol. The van der Waals surface area contributed by atoms with Gasteiger partial charge in [0.2, 0.25) is 0 Å². The summed E-state index contributed by atoms with van der Waals surface area (Å²) in [4.78, 5) is 10.7. The van der Waals surface area contributed by atoms with Crippen molar-refractivity contribution in [2.24, 2.45) is 0 Å². The average Bonchev–Trinajstić information content (AvgIpc) is 2.70. The van der Waals surface area contributed by atoms with Crippen molar-refractivity contribution in [3.8, 4) is 17.2 Å². The summed E-state index contributed by atoms with van der Waals surface area (Å²) in [5.41, 5.74) is 2.35. The highest BCUT2D eigenvalue weighted by Crippen LogP contribution is 2.29. The second kappa shape index (κ2) is 10.0. The van der Waals surface area contributed by atoms with Crippen molar-refractivity contribution in [2.45, 2.75) is 45.4 Å². The molecule has 0 aliphatic carbocycles. The third kappa shape index (κ3) is 6.19. The lowest BCUT2D eigenvalue weighted by Gasteiger charge is -2.23. The molecule has 2 aromatic carbocycles. The third-order valence-electron chi connectivity index (χ3n) is 4.98. The molecule has 28 heavy (non-hydrogen) atoms. The lowest BCUT2D eigenvalue weighted by Crippen LogP contribution is -2.15. The van der Waals surface area contributed by atoms with Gasteiger partial charge in [0.15, 0.2) is 11.5 Å². The van der Waals surface area contributed by atoms with Gasteiger partial charge in [0.1, 0.15) is 19.0 Å². The maximum atomic E-state index is 10.7. The van der Waals surface area contributed by atoms with Gasteiger partial charge >= 0.3 is 5.97 Å². The Morgan fingerprint density at radius 3 is 2.29 bits per heavy atom. The summed E-state index contributed by atoms with van der Waals surface area (Å²) in [6, 6.07) is 13.7. The van der Waals surface area contributed by atoms with Gasteiger partial charge in [0, 0.05) is 6.42 Å². The predicted octanol–water partition coefficient (Wildman–Crippen LogP) is 4.86. The Hall–Kier alpha value is -2.69. The first-order chi connectivity index (χ1) is 13.4. The van der Waals surface area contributed by atoms with Crippen LogP contribution >= 0.6 is 0 Å². The molecule has 0 radical (unpaired) electrons. The van der Waals surface area contributed by atoms with Crippen LogP contribution in [0.25, 0.3) is 0 Å². The van der Waals surface area contributed by atoms with E-state index in [1.807, 2.05) is 24.3 Å². The number of rotatable bonds is 11. The Bertz CT molecular complexity index is 765. The summed E-state index contributed by atoms with van der Waals surface area (Å²) in [5.74, 6) is 1.20. The second-order valence-electron chi connectivity index (χ2n) is 7.34. The van der Waals surface area contributed by atoms with E-state index in [-0.39, 0.29) is 11.8 Å². The number of hydrogen-bond donors (Lipinski definition) is 1. The summed E-state index contributed by atoms with van der Waals surface area (Å²) in [6.45, 7) is 7.41. The van der Waals surface area contributed by atoms with E-state index in [9.17, 15) is 4.79 Å². The summed E-state index contributed by atoms with van der Waals surface area (Å²) < 4.78 is 16.9. The highest BCUT2D eigenvalue weighted by molar-refractivity contribution is 5.67. The molecule has 0 saturated heterocycles. The molecule has 0 saturated carbocycles. The standard InChI is InChI=1S/C23H30O5/c1-5-23(2,3)18-8-10-19(11-9-18)27-14-15-28-21-16-17(7-13-22(24)25)6-12-20(21)26-4/h6,8-12,16H,5,7,13-15H2,1-4H3,(H,24,25). The van der Waals surface area contributed by atoms with Gasteiger partial charge in [-0.15, -0.1) is 0 Å². The molecular formula is C23H30O5. The summed E-state index contributed by atoms with van der Waals surface area (Å²) in [5, 5.41) is 8.83. The van der Waals surface area contributed by atoms with E-state index < -0.39 is 5.97 Å². The molecule has 0 atom stereocenters. The average molecular weight is 386 g/mol. The predicted molar refractivity (Wildman–Crippen MR) is 110 cm³/mol. The number of benzene rings is 2. The van der Waals surface area contributed by atoms with Crippen LogP contribution < -0.4 is 14.2 Å². The zero-order valence-corrected chi connectivity index (χ0v) is 17.2. The number of aliphatic carboxylic acids is 1. The highest BCUT2D eigenvalue weighted by atomic mass is 16.5. The quantitative estimate of drug-likeness (QED) is 0.559. The molecule has 2 rings (SSSR count). The molecule has 0 bridgehead atoms. The van der Waals surface area contributed by atoms with Crippen LogP contribution in [0.15, 0.2) is 42.5 Å². The number of aryl methyl sites for hydroxylation is 1. The molecule has 0 spiro atoms. The van der Waals surface area contributed by atoms with Crippen molar-refractivity contribution in [3.05, 3.63) is 53.6 Å². The van der Waals surface area contributed by atoms with Crippen molar-refractivity contribution in [3.63, 3.8) is 0 Å². The SMILES string of the molecule is CCC(C)(C)c1ccc(OCCOc2cc(CCC(=O)O)ccc2OC)cc1. The van der Waals surface area contributed by atoms with Gasteiger partial charge in [-0.1, -0.05) is 39.0 Å². The minimum atomic E-state index is -0.819. The Balaban J connectivity index is 1.88. The first kappa shape index (κ1) is 21.6. The maximum absolute atomic E-state index is 10.7. The zero-order chi connectivity index (χ0) is 20.6. The number of ether oxygens (including phenoxy) is 3. The fourth-order valence-electron chi connectivity index (χ4n) is 2.76. The number of carboxylic acid groups (broad SMARTS) is 1. The van der Waals surface area contributed by atoms with Gasteiger partial charge in [-0.25, -0.2) is 0 Å². The van der Waals surface area contributed by atoms with Crippen molar-refractivity contribution < 1.29 is 24.1 Å². The number of carboxylic acids is 1. The Morgan fingerprint density at radius 2 is 1.68 bits per heavy atom. The smallest absolute Gasteiger partial charge is 0.303 e. The van der Waals surface area contributed by atoms with E-state index in [0.717, 1.165) is 17.7 Å². The molecule has 0 aromatic heterocycles. The molecule has 5 nitrogen and oxygen atoms in total. The molecule has 2 aromatic rings. The lowest BCUT2D eigenvalue weighted by atomic mass is 9.82. The topological polar surface area (TPSA) is 65.0 Å². The molecular weight excluding hydrogens is 356 g/mol. The largest absolute Gasteiger partial charge is 0.493 e. The fourth-order valence-corrected chi connectivity index (χ4v) is 2.76. The first-order valence-corrected chi connectivity index (χ1v) is 9.60. The Kier molecular flexibility index (Phi) is 7.73. The van der Waals surface area contributed by atoms with E-state index in [0.29, 0.717) is 31.1 Å². The van der Waals surface area contributed by atoms with Crippen molar-refractivity contribution in [1.29, 1.82) is 0 Å². The van der Waals surface area contributed by atoms with Crippen molar-refractivity contribution >= 4 is 5.97 Å². The van der Waals surface area contributed by atoms with E-state index >= 15 is 0 Å². The molecule has 0 heterocycles. The van der Waals surface area contributed by atoms with Gasteiger partial charge in [0.25, 0.3) is 0 Å². The van der Waals surface area contributed by atoms with Gasteiger partial charge in [-0.3, -0.25) is 4.79 Å². The molecule has 5 heteroatoms. The molecule has 0 unspecified atom stereocenters. The molecule has 1 N–H and O–H groups in total. The van der Waals surface area contributed by atoms with Crippen LogP contribution in [0.4, 0.5) is 0 Å². The third-order valence-corrected chi connectivity index (χ3v) is 4.98. The Morgan fingerprint density at radius 1 is 1.00 bits per heavy atom. The van der Waals surface area contributed by atoms with Crippen molar-refractivity contribution in [1.82, 2.24) is 0 Å².